The van der Waals surface area contributed by atoms with E-state index in [1.165, 1.54) is 0 Å². The van der Waals surface area contributed by atoms with Crippen molar-refractivity contribution < 1.29 is 9.53 Å². The van der Waals surface area contributed by atoms with Crippen LogP contribution < -0.4 is 10.2 Å². The van der Waals surface area contributed by atoms with Crippen molar-refractivity contribution in [2.45, 2.75) is 38.0 Å². The largest absolute Gasteiger partial charge is 0.364 e. The maximum Gasteiger partial charge on any atom is 0.251 e. The van der Waals surface area contributed by atoms with E-state index < -0.39 is 6.10 Å². The number of aromatic nitrogens is 3. The molecule has 4 rings (SSSR count). The number of anilines is 1. The number of nitrogens with zero attached hydrogens (tertiary/aromatic N) is 5. The first-order valence-electron chi connectivity index (χ1n) is 9.55. The van der Waals surface area contributed by atoms with Gasteiger partial charge in [0.15, 0.2) is 11.8 Å². The second-order valence-corrected chi connectivity index (χ2v) is 7.49. The van der Waals surface area contributed by atoms with Crippen molar-refractivity contribution in [2.24, 2.45) is 0 Å². The molecule has 2 aliphatic heterocycles. The lowest BCUT2D eigenvalue weighted by Gasteiger charge is -2.38. The third-order valence-corrected chi connectivity index (χ3v) is 5.31. The number of rotatable bonds is 3. The number of pyridine rings is 1. The number of fused-ring (bicyclic) bond motifs is 1. The summed E-state index contributed by atoms with van der Waals surface area (Å²) in [6.07, 6.45) is 6.47. The first-order chi connectivity index (χ1) is 13.1. The molecule has 2 aromatic heterocycles. The number of ether oxygens (including phenoxy) is 1. The van der Waals surface area contributed by atoms with Gasteiger partial charge in [-0.2, -0.15) is 0 Å². The van der Waals surface area contributed by atoms with E-state index in [-0.39, 0.29) is 18.1 Å². The minimum Gasteiger partial charge on any atom is -0.364 e. The minimum atomic E-state index is -0.492. The van der Waals surface area contributed by atoms with E-state index in [4.69, 9.17) is 4.74 Å². The molecule has 2 atom stereocenters. The molecule has 2 aliphatic rings. The molecule has 0 saturated carbocycles. The minimum absolute atomic E-state index is 0.0226. The van der Waals surface area contributed by atoms with Crippen LogP contribution in [0.5, 0.6) is 0 Å². The highest BCUT2D eigenvalue weighted by Gasteiger charge is 2.33. The fourth-order valence-electron chi connectivity index (χ4n) is 3.86. The summed E-state index contributed by atoms with van der Waals surface area (Å²) in [7, 11) is 2.11. The van der Waals surface area contributed by atoms with E-state index in [9.17, 15) is 4.79 Å². The zero-order valence-electron chi connectivity index (χ0n) is 15.8. The monoisotopic (exact) mass is 370 g/mol. The van der Waals surface area contributed by atoms with E-state index in [0.29, 0.717) is 18.7 Å². The predicted octanol–water partition coefficient (Wildman–Crippen LogP) is 0.829. The number of hydrogen-bond donors (Lipinski definition) is 1. The van der Waals surface area contributed by atoms with Crippen LogP contribution in [0.15, 0.2) is 24.7 Å². The van der Waals surface area contributed by atoms with Gasteiger partial charge in [0.1, 0.15) is 5.52 Å². The highest BCUT2D eigenvalue weighted by Crippen LogP contribution is 2.25. The van der Waals surface area contributed by atoms with Crippen molar-refractivity contribution >= 4 is 22.8 Å². The van der Waals surface area contributed by atoms with Crippen molar-refractivity contribution in [1.29, 1.82) is 0 Å². The quantitative estimate of drug-likeness (QED) is 0.857. The van der Waals surface area contributed by atoms with Gasteiger partial charge in [0, 0.05) is 31.2 Å². The lowest BCUT2D eigenvalue weighted by Crippen LogP contribution is -2.55. The molecule has 0 radical (unpaired) electrons. The molecule has 2 aromatic rings. The van der Waals surface area contributed by atoms with Crippen LogP contribution in [0, 0.1) is 0 Å². The molecule has 4 heterocycles. The Morgan fingerprint density at radius 3 is 2.70 bits per heavy atom. The molecule has 1 amide bonds. The predicted molar refractivity (Wildman–Crippen MR) is 103 cm³/mol. The van der Waals surface area contributed by atoms with Gasteiger partial charge in [0.2, 0.25) is 0 Å². The first kappa shape index (κ1) is 18.1. The molecular weight excluding hydrogens is 344 g/mol. The Bertz CT molecular complexity index is 802. The molecular formula is C19H26N6O2. The summed E-state index contributed by atoms with van der Waals surface area (Å²) in [6, 6.07) is 2.16. The van der Waals surface area contributed by atoms with Gasteiger partial charge in [-0.25, -0.2) is 15.0 Å². The molecule has 8 heteroatoms. The van der Waals surface area contributed by atoms with Crippen LogP contribution in [0.2, 0.25) is 0 Å². The maximum absolute atomic E-state index is 12.8. The second-order valence-electron chi connectivity index (χ2n) is 7.49. The molecule has 0 aliphatic carbocycles. The topological polar surface area (TPSA) is 83.5 Å². The van der Waals surface area contributed by atoms with E-state index >= 15 is 0 Å². The molecule has 2 fully saturated rings. The van der Waals surface area contributed by atoms with E-state index in [1.807, 2.05) is 13.0 Å². The number of amides is 1. The van der Waals surface area contributed by atoms with Gasteiger partial charge in [-0.3, -0.25) is 4.79 Å². The van der Waals surface area contributed by atoms with Gasteiger partial charge in [0.25, 0.3) is 5.91 Å². The van der Waals surface area contributed by atoms with E-state index in [0.717, 1.165) is 37.1 Å². The fraction of sp³-hybridized carbons (Fsp3) is 0.579. The number of nitrogens with one attached hydrogen (secondary N) is 1. The molecule has 0 unspecified atom stereocenters. The number of piperidine rings is 1. The Labute approximate surface area is 158 Å². The van der Waals surface area contributed by atoms with Crippen LogP contribution in [0.25, 0.3) is 11.2 Å². The summed E-state index contributed by atoms with van der Waals surface area (Å²) < 4.78 is 5.96. The summed E-state index contributed by atoms with van der Waals surface area (Å²) in [5, 5.41) is 3.18. The number of likely N-dealkylation sites (tertiary alicyclic amines) is 1. The lowest BCUT2D eigenvalue weighted by molar-refractivity contribution is -0.138. The van der Waals surface area contributed by atoms with E-state index in [1.54, 1.807) is 18.6 Å². The van der Waals surface area contributed by atoms with Crippen LogP contribution >= 0.6 is 0 Å². The Balaban J connectivity index is 1.48. The molecule has 0 bridgehead atoms. The molecule has 0 aromatic carbocycles. The van der Waals surface area contributed by atoms with Gasteiger partial charge in [-0.05, 0) is 46.0 Å². The Morgan fingerprint density at radius 1 is 1.15 bits per heavy atom. The highest BCUT2D eigenvalue weighted by atomic mass is 16.5. The normalized spacial score (nSPS) is 24.9. The first-order valence-corrected chi connectivity index (χ1v) is 9.55. The Morgan fingerprint density at radius 2 is 1.89 bits per heavy atom. The SMILES string of the molecule is C[C@@H]1CN(c2ccnc3nccnc23)C[C@H](C(=O)NC2CCN(C)CC2)O1. The van der Waals surface area contributed by atoms with Crippen LogP contribution in [-0.2, 0) is 9.53 Å². The van der Waals surface area contributed by atoms with Crippen LogP contribution in [0.1, 0.15) is 19.8 Å². The average Bonchev–Trinajstić information content (AvgIpc) is 2.69. The van der Waals surface area contributed by atoms with Crippen LogP contribution in [0.4, 0.5) is 5.69 Å². The summed E-state index contributed by atoms with van der Waals surface area (Å²) in [4.78, 5) is 30.3. The summed E-state index contributed by atoms with van der Waals surface area (Å²) in [6.45, 7) is 5.23. The Kier molecular flexibility index (Phi) is 5.18. The number of carbonyl (C=O) groups is 1. The second kappa shape index (κ2) is 7.74. The highest BCUT2D eigenvalue weighted by molar-refractivity contribution is 5.86. The molecule has 1 N–H and O–H groups in total. The van der Waals surface area contributed by atoms with Gasteiger partial charge < -0.3 is 19.9 Å². The zero-order valence-corrected chi connectivity index (χ0v) is 15.8. The number of hydrogen-bond acceptors (Lipinski definition) is 7. The Hall–Kier alpha value is -2.32. The molecule has 8 nitrogen and oxygen atoms in total. The summed E-state index contributed by atoms with van der Waals surface area (Å²) >= 11 is 0. The van der Waals surface area contributed by atoms with Crippen LogP contribution in [-0.4, -0.2) is 77.2 Å². The summed E-state index contributed by atoms with van der Waals surface area (Å²) in [5.74, 6) is -0.0226. The van der Waals surface area contributed by atoms with Gasteiger partial charge in [-0.1, -0.05) is 0 Å². The standard InChI is InChI=1S/C19H26N6O2/c1-13-11-25(15-3-6-21-18-17(15)20-7-8-22-18)12-16(27-13)19(26)23-14-4-9-24(2)10-5-14/h3,6-8,13-14,16H,4-5,9-12H2,1-2H3,(H,23,26)/t13-,16-/m1/s1. The lowest BCUT2D eigenvalue weighted by atomic mass is 10.0. The number of morpholine rings is 1. The molecule has 0 spiro atoms. The average molecular weight is 370 g/mol. The third kappa shape index (κ3) is 4.01. The smallest absolute Gasteiger partial charge is 0.251 e. The van der Waals surface area contributed by atoms with Gasteiger partial charge in [-0.15, -0.1) is 0 Å². The fourth-order valence-corrected chi connectivity index (χ4v) is 3.86. The number of carbonyl (C=O) groups excluding carboxylic acids is 1. The maximum atomic E-state index is 12.8. The van der Waals surface area contributed by atoms with Crippen molar-refractivity contribution in [3.8, 4) is 0 Å². The van der Waals surface area contributed by atoms with Gasteiger partial charge in [0.05, 0.1) is 18.3 Å². The summed E-state index contributed by atoms with van der Waals surface area (Å²) in [5.41, 5.74) is 2.31. The zero-order chi connectivity index (χ0) is 18.8. The molecule has 144 valence electrons. The molecule has 27 heavy (non-hydrogen) atoms. The third-order valence-electron chi connectivity index (χ3n) is 5.31. The van der Waals surface area contributed by atoms with Crippen molar-refractivity contribution in [3.05, 3.63) is 24.7 Å². The molecule has 2 saturated heterocycles. The van der Waals surface area contributed by atoms with E-state index in [2.05, 4.69) is 37.1 Å². The van der Waals surface area contributed by atoms with Crippen molar-refractivity contribution in [1.82, 2.24) is 25.2 Å². The van der Waals surface area contributed by atoms with Crippen molar-refractivity contribution in [2.75, 3.05) is 38.1 Å². The van der Waals surface area contributed by atoms with Gasteiger partial charge >= 0.3 is 0 Å². The van der Waals surface area contributed by atoms with Crippen LogP contribution in [0.3, 0.4) is 0 Å². The van der Waals surface area contributed by atoms with Crippen molar-refractivity contribution in [3.63, 3.8) is 0 Å².